The fourth-order valence-electron chi connectivity index (χ4n) is 5.22. The van der Waals surface area contributed by atoms with Crippen molar-refractivity contribution < 1.29 is 27.8 Å². The van der Waals surface area contributed by atoms with Gasteiger partial charge in [-0.25, -0.2) is 4.79 Å². The van der Waals surface area contributed by atoms with Crippen LogP contribution < -0.4 is 14.5 Å². The van der Waals surface area contributed by atoms with E-state index in [1.54, 1.807) is 17.0 Å². The SMILES string of the molecule is Cc1ccc(N2C(=O)N(c3ccc(C)cc3)C(O)(c3cccc(OC(F)(F)F)c3)C23CCC3)cc1. The minimum Gasteiger partial charge on any atom is -0.406 e. The maximum Gasteiger partial charge on any atom is 0.573 e. The fourth-order valence-corrected chi connectivity index (χ4v) is 5.22. The van der Waals surface area contributed by atoms with E-state index in [0.717, 1.165) is 17.5 Å². The van der Waals surface area contributed by atoms with Crippen LogP contribution in [0.2, 0.25) is 0 Å². The summed E-state index contributed by atoms with van der Waals surface area (Å²) in [7, 11) is 0. The molecule has 5 nitrogen and oxygen atoms in total. The first-order valence-corrected chi connectivity index (χ1v) is 11.4. The van der Waals surface area contributed by atoms with Crippen LogP contribution in [-0.2, 0) is 5.72 Å². The molecule has 0 radical (unpaired) electrons. The molecule has 5 rings (SSSR count). The first-order chi connectivity index (χ1) is 16.5. The Morgan fingerprint density at radius 2 is 1.40 bits per heavy atom. The summed E-state index contributed by atoms with van der Waals surface area (Å²) in [6, 6.07) is 19.4. The number of anilines is 2. The minimum absolute atomic E-state index is 0.155. The van der Waals surface area contributed by atoms with Gasteiger partial charge in [0.05, 0.1) is 0 Å². The molecule has 8 heteroatoms. The molecule has 1 N–H and O–H groups in total. The molecule has 2 fully saturated rings. The van der Waals surface area contributed by atoms with Crippen LogP contribution in [-0.4, -0.2) is 23.0 Å². The average Bonchev–Trinajstić information content (AvgIpc) is 2.99. The number of carbonyl (C=O) groups excluding carboxylic acids is 1. The zero-order valence-electron chi connectivity index (χ0n) is 19.3. The lowest BCUT2D eigenvalue weighted by molar-refractivity contribution is -0.274. The Morgan fingerprint density at radius 3 is 1.89 bits per heavy atom. The van der Waals surface area contributed by atoms with E-state index in [4.69, 9.17) is 0 Å². The van der Waals surface area contributed by atoms with Crippen LogP contribution in [0.1, 0.15) is 36.0 Å². The molecule has 1 saturated carbocycles. The lowest BCUT2D eigenvalue weighted by Crippen LogP contribution is -2.63. The van der Waals surface area contributed by atoms with Crippen LogP contribution in [0, 0.1) is 13.8 Å². The fraction of sp³-hybridized carbons (Fsp3) is 0.296. The number of halogens is 3. The zero-order valence-corrected chi connectivity index (χ0v) is 19.3. The first-order valence-electron chi connectivity index (χ1n) is 11.4. The Bertz CT molecular complexity index is 1250. The number of rotatable bonds is 4. The number of carbonyl (C=O) groups is 1. The molecule has 1 unspecified atom stereocenters. The summed E-state index contributed by atoms with van der Waals surface area (Å²) < 4.78 is 43.1. The van der Waals surface area contributed by atoms with E-state index in [9.17, 15) is 23.1 Å². The number of aryl methyl sites for hydroxylation is 2. The molecule has 2 aliphatic rings. The Hall–Kier alpha value is -3.52. The summed E-state index contributed by atoms with van der Waals surface area (Å²) in [6.07, 6.45) is -3.16. The quantitative estimate of drug-likeness (QED) is 0.467. The molecular weight excluding hydrogens is 457 g/mol. The van der Waals surface area contributed by atoms with Gasteiger partial charge >= 0.3 is 12.4 Å². The van der Waals surface area contributed by atoms with Crippen molar-refractivity contribution in [2.75, 3.05) is 9.80 Å². The van der Waals surface area contributed by atoms with Gasteiger partial charge in [0.1, 0.15) is 11.3 Å². The second kappa shape index (κ2) is 8.02. The van der Waals surface area contributed by atoms with E-state index < -0.39 is 29.4 Å². The summed E-state index contributed by atoms with van der Waals surface area (Å²) in [6.45, 7) is 3.85. The molecule has 0 bridgehead atoms. The van der Waals surface area contributed by atoms with Crippen LogP contribution in [0.25, 0.3) is 0 Å². The van der Waals surface area contributed by atoms with Crippen LogP contribution >= 0.6 is 0 Å². The number of nitrogens with zero attached hydrogens (tertiary/aromatic N) is 2. The lowest BCUT2D eigenvalue weighted by Gasteiger charge is -2.52. The minimum atomic E-state index is -4.88. The van der Waals surface area contributed by atoms with Crippen molar-refractivity contribution in [2.24, 2.45) is 0 Å². The molecule has 0 aromatic heterocycles. The average molecular weight is 483 g/mol. The van der Waals surface area contributed by atoms with Crippen molar-refractivity contribution >= 4 is 17.4 Å². The molecule has 2 amide bonds. The van der Waals surface area contributed by atoms with Crippen molar-refractivity contribution in [3.05, 3.63) is 89.5 Å². The molecular formula is C27H25F3N2O3. The van der Waals surface area contributed by atoms with Crippen molar-refractivity contribution in [1.29, 1.82) is 0 Å². The van der Waals surface area contributed by atoms with Gasteiger partial charge in [0, 0.05) is 16.9 Å². The number of aliphatic hydroxyl groups is 1. The number of hydrogen-bond acceptors (Lipinski definition) is 3. The smallest absolute Gasteiger partial charge is 0.406 e. The molecule has 1 saturated heterocycles. The van der Waals surface area contributed by atoms with Gasteiger partial charge < -0.3 is 9.84 Å². The van der Waals surface area contributed by atoms with Crippen LogP contribution in [0.3, 0.4) is 0 Å². The molecule has 182 valence electrons. The highest BCUT2D eigenvalue weighted by Crippen LogP contribution is 2.59. The van der Waals surface area contributed by atoms with Gasteiger partial charge in [0.25, 0.3) is 0 Å². The molecule has 1 spiro atoms. The highest BCUT2D eigenvalue weighted by Gasteiger charge is 2.70. The maximum absolute atomic E-state index is 14.1. The summed E-state index contributed by atoms with van der Waals surface area (Å²) >= 11 is 0. The number of alkyl halides is 3. The number of ether oxygens (including phenoxy) is 1. The van der Waals surface area contributed by atoms with Crippen LogP contribution in [0.5, 0.6) is 5.75 Å². The Morgan fingerprint density at radius 1 is 0.857 bits per heavy atom. The van der Waals surface area contributed by atoms with E-state index >= 15 is 0 Å². The molecule has 1 aliphatic carbocycles. The third kappa shape index (κ3) is 3.63. The van der Waals surface area contributed by atoms with E-state index in [1.807, 2.05) is 50.2 Å². The lowest BCUT2D eigenvalue weighted by atomic mass is 9.66. The Kier molecular flexibility index (Phi) is 5.32. The third-order valence-electron chi connectivity index (χ3n) is 7.02. The molecule has 1 aliphatic heterocycles. The standard InChI is InChI=1S/C27H25F3N2O3/c1-18-7-11-21(12-8-18)31-24(33)32(22-13-9-19(2)10-14-22)26(34,25(31)15-4-16-25)20-5-3-6-23(17-20)35-27(28,29)30/h3,5-14,17,34H,4,15-16H2,1-2H3. The van der Waals surface area contributed by atoms with Gasteiger partial charge in [-0.1, -0.05) is 47.5 Å². The number of benzene rings is 3. The van der Waals surface area contributed by atoms with E-state index in [0.29, 0.717) is 24.2 Å². The van der Waals surface area contributed by atoms with E-state index in [1.165, 1.54) is 29.2 Å². The highest BCUT2D eigenvalue weighted by atomic mass is 19.4. The van der Waals surface area contributed by atoms with Crippen LogP contribution in [0.15, 0.2) is 72.8 Å². The summed E-state index contributed by atoms with van der Waals surface area (Å²) in [5.41, 5.74) is 0.211. The van der Waals surface area contributed by atoms with Gasteiger partial charge in [-0.15, -0.1) is 13.2 Å². The van der Waals surface area contributed by atoms with E-state index in [2.05, 4.69) is 4.74 Å². The molecule has 1 heterocycles. The Labute approximate surface area is 201 Å². The largest absolute Gasteiger partial charge is 0.573 e. The molecule has 3 aromatic rings. The predicted molar refractivity (Wildman–Crippen MR) is 126 cm³/mol. The number of urea groups is 1. The van der Waals surface area contributed by atoms with Gasteiger partial charge in [-0.2, -0.15) is 0 Å². The van der Waals surface area contributed by atoms with Crippen molar-refractivity contribution in [1.82, 2.24) is 0 Å². The second-order valence-corrected chi connectivity index (χ2v) is 9.26. The number of hydrogen-bond donors (Lipinski definition) is 1. The number of amides is 2. The van der Waals surface area contributed by atoms with Gasteiger partial charge in [-0.05, 0) is 69.5 Å². The van der Waals surface area contributed by atoms with Crippen molar-refractivity contribution in [3.8, 4) is 5.75 Å². The molecule has 1 atom stereocenters. The van der Waals surface area contributed by atoms with Crippen molar-refractivity contribution in [3.63, 3.8) is 0 Å². The predicted octanol–water partition coefficient (Wildman–Crippen LogP) is 6.42. The van der Waals surface area contributed by atoms with Gasteiger partial charge in [0.15, 0.2) is 5.72 Å². The monoisotopic (exact) mass is 482 g/mol. The summed E-state index contributed by atoms with van der Waals surface area (Å²) in [5, 5.41) is 12.5. The van der Waals surface area contributed by atoms with Gasteiger partial charge in [-0.3, -0.25) is 9.80 Å². The Balaban J connectivity index is 1.72. The molecule has 3 aromatic carbocycles. The first kappa shape index (κ1) is 23.2. The van der Waals surface area contributed by atoms with Crippen LogP contribution in [0.4, 0.5) is 29.3 Å². The summed E-state index contributed by atoms with van der Waals surface area (Å²) in [4.78, 5) is 17.0. The molecule has 35 heavy (non-hydrogen) atoms. The maximum atomic E-state index is 14.1. The highest BCUT2D eigenvalue weighted by molar-refractivity contribution is 6.09. The second-order valence-electron chi connectivity index (χ2n) is 9.26. The third-order valence-corrected chi connectivity index (χ3v) is 7.02. The van der Waals surface area contributed by atoms with E-state index in [-0.39, 0.29) is 5.56 Å². The normalized spacial score (nSPS) is 21.4. The topological polar surface area (TPSA) is 53.0 Å². The van der Waals surface area contributed by atoms with Gasteiger partial charge in [0.2, 0.25) is 0 Å². The van der Waals surface area contributed by atoms with Crippen molar-refractivity contribution in [2.45, 2.75) is 50.7 Å². The zero-order chi connectivity index (χ0) is 25.0. The summed E-state index contributed by atoms with van der Waals surface area (Å²) in [5.74, 6) is -0.456.